The van der Waals surface area contributed by atoms with E-state index < -0.39 is 17.4 Å². The van der Waals surface area contributed by atoms with Crippen LogP contribution in [0.1, 0.15) is 45.4 Å². The molecular weight excluding hydrogens is 496 g/mol. The lowest BCUT2D eigenvalue weighted by atomic mass is 9.84. The Balaban J connectivity index is 1.44. The van der Waals surface area contributed by atoms with Crippen LogP contribution < -0.4 is 15.5 Å². The number of nitrogens with one attached hydrogen (secondary N) is 2. The number of piperazine rings is 1. The Morgan fingerprint density at radius 2 is 1.72 bits per heavy atom. The zero-order chi connectivity index (χ0) is 27.8. The minimum absolute atomic E-state index is 0.0550. The van der Waals surface area contributed by atoms with Crippen LogP contribution in [0.25, 0.3) is 0 Å². The summed E-state index contributed by atoms with van der Waals surface area (Å²) in [7, 11) is 0. The minimum Gasteiger partial charge on any atom is -0.465 e. The van der Waals surface area contributed by atoms with Gasteiger partial charge in [0.2, 0.25) is 11.8 Å². The number of anilines is 3. The van der Waals surface area contributed by atoms with E-state index in [1.807, 2.05) is 17.0 Å². The Kier molecular flexibility index (Phi) is 9.19. The van der Waals surface area contributed by atoms with Crippen molar-refractivity contribution >= 4 is 35.1 Å². The third-order valence-corrected chi connectivity index (χ3v) is 7.85. The molecule has 2 N–H and O–H groups in total. The van der Waals surface area contributed by atoms with E-state index in [4.69, 9.17) is 22.6 Å². The fourth-order valence-corrected chi connectivity index (χ4v) is 5.86. The van der Waals surface area contributed by atoms with Gasteiger partial charge in [0.1, 0.15) is 17.3 Å². The Morgan fingerprint density at radius 3 is 2.38 bits per heavy atom. The molecule has 0 aromatic carbocycles. The number of carbonyl (C=O) groups is 3. The summed E-state index contributed by atoms with van der Waals surface area (Å²) in [6.07, 6.45) is 14.8. The van der Waals surface area contributed by atoms with Crippen molar-refractivity contribution in [3.8, 4) is 24.7 Å². The summed E-state index contributed by atoms with van der Waals surface area (Å²) in [5.74, 6) is 5.80. The number of likely N-dealkylation sites (tertiary alicyclic amines) is 1. The molecule has 208 valence electrons. The maximum absolute atomic E-state index is 13.7. The number of nitrogens with zero attached hydrogens (tertiary/aromatic N) is 4. The smallest absolute Gasteiger partial charge is 0.321 e. The number of esters is 1. The second-order valence-corrected chi connectivity index (χ2v) is 10.2. The van der Waals surface area contributed by atoms with Gasteiger partial charge in [-0.25, -0.2) is 4.98 Å². The van der Waals surface area contributed by atoms with Gasteiger partial charge in [-0.3, -0.25) is 14.4 Å². The molecule has 1 atom stereocenters. The summed E-state index contributed by atoms with van der Waals surface area (Å²) >= 11 is 0. The van der Waals surface area contributed by atoms with E-state index in [0.29, 0.717) is 70.9 Å². The van der Waals surface area contributed by atoms with Gasteiger partial charge >= 0.3 is 5.97 Å². The van der Waals surface area contributed by atoms with Gasteiger partial charge in [-0.15, -0.1) is 12.8 Å². The molecule has 10 nitrogen and oxygen atoms in total. The number of amides is 2. The maximum Gasteiger partial charge on any atom is 0.321 e. The lowest BCUT2D eigenvalue weighted by Crippen LogP contribution is -2.57. The van der Waals surface area contributed by atoms with Gasteiger partial charge in [0.15, 0.2) is 5.82 Å². The standard InChI is InChI=1S/C29H38N6O4/c1-4-15-30-22-11-12-24(31-16-5-2)32-25(22)33-18-20-34(21-19-33)26(36)23-10-9-17-35(23)27(37)29(13-7-8-14-29)28(38)39-6-3/h1-2,11-12,23,30H,6-10,13-21H2,3H3,(H,31,32). The van der Waals surface area contributed by atoms with Crippen molar-refractivity contribution < 1.29 is 19.1 Å². The van der Waals surface area contributed by atoms with E-state index >= 15 is 0 Å². The average Bonchev–Trinajstić information content (AvgIpc) is 3.66. The molecule has 3 fully saturated rings. The van der Waals surface area contributed by atoms with E-state index in [1.54, 1.807) is 11.8 Å². The highest BCUT2D eigenvalue weighted by Gasteiger charge is 2.53. The molecule has 10 heteroatoms. The van der Waals surface area contributed by atoms with Crippen LogP contribution in [-0.4, -0.2) is 91.0 Å². The molecule has 39 heavy (non-hydrogen) atoms. The number of ether oxygens (including phenoxy) is 1. The van der Waals surface area contributed by atoms with Crippen LogP contribution in [0.3, 0.4) is 0 Å². The Morgan fingerprint density at radius 1 is 1.03 bits per heavy atom. The topological polar surface area (TPSA) is 107 Å². The van der Waals surface area contributed by atoms with Gasteiger partial charge in [0, 0.05) is 32.7 Å². The summed E-state index contributed by atoms with van der Waals surface area (Å²) in [6.45, 7) is 5.35. The maximum atomic E-state index is 13.7. The average molecular weight is 535 g/mol. The number of carbonyl (C=O) groups excluding carboxylic acids is 3. The molecule has 3 heterocycles. The van der Waals surface area contributed by atoms with Gasteiger partial charge < -0.3 is 30.1 Å². The van der Waals surface area contributed by atoms with E-state index in [9.17, 15) is 14.4 Å². The Bertz CT molecular complexity index is 1140. The summed E-state index contributed by atoms with van der Waals surface area (Å²) < 4.78 is 5.32. The van der Waals surface area contributed by atoms with Crippen molar-refractivity contribution in [3.63, 3.8) is 0 Å². The van der Waals surface area contributed by atoms with Crippen LogP contribution >= 0.6 is 0 Å². The molecule has 1 saturated carbocycles. The highest BCUT2D eigenvalue weighted by atomic mass is 16.5. The quantitative estimate of drug-likeness (QED) is 0.281. The van der Waals surface area contributed by atoms with Gasteiger partial charge in [-0.2, -0.15) is 0 Å². The zero-order valence-electron chi connectivity index (χ0n) is 22.7. The van der Waals surface area contributed by atoms with Gasteiger partial charge in [-0.05, 0) is 44.7 Å². The number of aromatic nitrogens is 1. The Labute approximate surface area is 230 Å². The van der Waals surface area contributed by atoms with Crippen molar-refractivity contribution in [2.24, 2.45) is 5.41 Å². The van der Waals surface area contributed by atoms with Crippen molar-refractivity contribution in [2.45, 2.75) is 51.5 Å². The molecule has 0 radical (unpaired) electrons. The van der Waals surface area contributed by atoms with Crippen molar-refractivity contribution in [3.05, 3.63) is 12.1 Å². The van der Waals surface area contributed by atoms with Crippen molar-refractivity contribution in [2.75, 3.05) is 68.0 Å². The highest BCUT2D eigenvalue weighted by Crippen LogP contribution is 2.42. The molecular formula is C29H38N6O4. The first-order valence-corrected chi connectivity index (χ1v) is 13.8. The fraction of sp³-hybridized carbons (Fsp3) is 0.586. The summed E-state index contributed by atoms with van der Waals surface area (Å²) in [6, 6.07) is 3.22. The SMILES string of the molecule is C#CCNc1ccc(NCC#C)c(N2CCN(C(=O)C3CCCN3C(=O)C3(C(=O)OCC)CCCC3)CC2)n1. The monoisotopic (exact) mass is 534 g/mol. The van der Waals surface area contributed by atoms with Crippen molar-refractivity contribution in [1.29, 1.82) is 0 Å². The third kappa shape index (κ3) is 5.90. The van der Waals surface area contributed by atoms with Crippen LogP contribution in [-0.2, 0) is 19.1 Å². The number of rotatable bonds is 9. The predicted molar refractivity (Wildman–Crippen MR) is 150 cm³/mol. The van der Waals surface area contributed by atoms with E-state index in [0.717, 1.165) is 30.8 Å². The van der Waals surface area contributed by atoms with Crippen LogP contribution in [0, 0.1) is 30.1 Å². The molecule has 1 aromatic heterocycles. The molecule has 3 aliphatic rings. The molecule has 4 rings (SSSR count). The second-order valence-electron chi connectivity index (χ2n) is 10.2. The minimum atomic E-state index is -1.15. The molecule has 1 aromatic rings. The number of pyridine rings is 1. The molecule has 2 aliphatic heterocycles. The van der Waals surface area contributed by atoms with E-state index in [2.05, 4.69) is 27.4 Å². The molecule has 1 unspecified atom stereocenters. The lowest BCUT2D eigenvalue weighted by Gasteiger charge is -2.39. The van der Waals surface area contributed by atoms with Crippen LogP contribution in [0.4, 0.5) is 17.3 Å². The first kappa shape index (κ1) is 28.1. The van der Waals surface area contributed by atoms with Crippen LogP contribution in [0.5, 0.6) is 0 Å². The first-order valence-electron chi connectivity index (χ1n) is 13.8. The van der Waals surface area contributed by atoms with Gasteiger partial charge in [0.25, 0.3) is 0 Å². The lowest BCUT2D eigenvalue weighted by molar-refractivity contribution is -0.167. The molecule has 2 saturated heterocycles. The summed E-state index contributed by atoms with van der Waals surface area (Å²) in [5, 5.41) is 6.32. The van der Waals surface area contributed by atoms with Crippen molar-refractivity contribution in [1.82, 2.24) is 14.8 Å². The predicted octanol–water partition coefficient (Wildman–Crippen LogP) is 1.93. The first-order chi connectivity index (χ1) is 18.9. The number of hydrogen-bond acceptors (Lipinski definition) is 8. The zero-order valence-corrected chi connectivity index (χ0v) is 22.7. The normalized spacial score (nSPS) is 20.2. The van der Waals surface area contributed by atoms with Crippen LogP contribution in [0.15, 0.2) is 12.1 Å². The van der Waals surface area contributed by atoms with E-state index in [1.165, 1.54) is 0 Å². The molecule has 1 aliphatic carbocycles. The largest absolute Gasteiger partial charge is 0.465 e. The second kappa shape index (κ2) is 12.8. The van der Waals surface area contributed by atoms with E-state index in [-0.39, 0.29) is 18.4 Å². The number of hydrogen-bond donors (Lipinski definition) is 2. The number of terminal acetylenes is 2. The third-order valence-electron chi connectivity index (χ3n) is 7.85. The van der Waals surface area contributed by atoms with Gasteiger partial charge in [0.05, 0.1) is 25.4 Å². The molecule has 0 spiro atoms. The summed E-state index contributed by atoms with van der Waals surface area (Å²) in [5.41, 5.74) is -0.337. The highest BCUT2D eigenvalue weighted by molar-refractivity contribution is 6.04. The Hall–Kier alpha value is -3.92. The molecule has 0 bridgehead atoms. The fourth-order valence-electron chi connectivity index (χ4n) is 5.86. The molecule has 2 amide bonds. The van der Waals surface area contributed by atoms with Gasteiger partial charge in [-0.1, -0.05) is 24.7 Å². The summed E-state index contributed by atoms with van der Waals surface area (Å²) in [4.78, 5) is 50.6. The van der Waals surface area contributed by atoms with Crippen LogP contribution in [0.2, 0.25) is 0 Å².